The van der Waals surface area contributed by atoms with Crippen molar-refractivity contribution in [2.75, 3.05) is 29.9 Å². The Labute approximate surface area is 188 Å². The number of carboxylic acid groups (broad SMARTS) is 1. The molecule has 0 amide bonds. The molecule has 1 saturated heterocycles. The molecule has 2 aliphatic heterocycles. The standard InChI is InChI=1S/C26H28N4O2/c1-17-12-20(30-10-2-3-11-30)5-7-21(17)18-4-6-22-19(13-18)14-28-25(22)16-29-24-15-27-9-8-23(24)26(31)32/h4-9,12-13,15,25,28-29H,2-3,10-11,14,16H2,1H3,(H,31,32). The zero-order valence-electron chi connectivity index (χ0n) is 18.3. The first kappa shape index (κ1) is 20.5. The lowest BCUT2D eigenvalue weighted by molar-refractivity contribution is 0.0697. The average Bonchev–Trinajstić information content (AvgIpc) is 3.48. The smallest absolute Gasteiger partial charge is 0.337 e. The van der Waals surface area contributed by atoms with E-state index in [2.05, 4.69) is 63.8 Å². The molecule has 164 valence electrons. The van der Waals surface area contributed by atoms with Crippen molar-refractivity contribution in [3.05, 3.63) is 77.1 Å². The van der Waals surface area contributed by atoms with Crippen LogP contribution < -0.4 is 15.5 Å². The summed E-state index contributed by atoms with van der Waals surface area (Å²) in [5, 5.41) is 16.2. The molecular weight excluding hydrogens is 400 g/mol. The molecule has 6 heteroatoms. The predicted molar refractivity (Wildman–Crippen MR) is 127 cm³/mol. The summed E-state index contributed by atoms with van der Waals surface area (Å²) in [6.45, 7) is 5.92. The van der Waals surface area contributed by atoms with E-state index < -0.39 is 5.97 Å². The van der Waals surface area contributed by atoms with Crippen molar-refractivity contribution in [1.29, 1.82) is 0 Å². The molecule has 0 radical (unpaired) electrons. The molecule has 5 rings (SSSR count). The lowest BCUT2D eigenvalue weighted by Gasteiger charge is -2.19. The summed E-state index contributed by atoms with van der Waals surface area (Å²) >= 11 is 0. The number of fused-ring (bicyclic) bond motifs is 1. The van der Waals surface area contributed by atoms with Crippen LogP contribution in [0.25, 0.3) is 11.1 Å². The fraction of sp³-hybridized carbons (Fsp3) is 0.308. The van der Waals surface area contributed by atoms with Crippen LogP contribution >= 0.6 is 0 Å². The summed E-state index contributed by atoms with van der Waals surface area (Å²) in [5.74, 6) is -0.953. The second-order valence-electron chi connectivity index (χ2n) is 8.65. The lowest BCUT2D eigenvalue weighted by atomic mass is 9.95. The molecule has 0 bridgehead atoms. The molecule has 1 aromatic heterocycles. The Morgan fingerprint density at radius 1 is 1.19 bits per heavy atom. The Bertz CT molecular complexity index is 1150. The van der Waals surface area contributed by atoms with Gasteiger partial charge in [-0.2, -0.15) is 0 Å². The second kappa shape index (κ2) is 8.63. The van der Waals surface area contributed by atoms with E-state index in [1.165, 1.54) is 58.6 Å². The maximum absolute atomic E-state index is 11.4. The molecule has 1 atom stereocenters. The molecule has 3 N–H and O–H groups in total. The van der Waals surface area contributed by atoms with E-state index >= 15 is 0 Å². The Balaban J connectivity index is 1.32. The number of carboxylic acids is 1. The van der Waals surface area contributed by atoms with E-state index in [9.17, 15) is 9.90 Å². The van der Waals surface area contributed by atoms with Gasteiger partial charge in [-0.25, -0.2) is 4.79 Å². The van der Waals surface area contributed by atoms with E-state index in [0.717, 1.165) is 19.6 Å². The molecule has 0 aliphatic carbocycles. The monoisotopic (exact) mass is 428 g/mol. The number of nitrogens with zero attached hydrogens (tertiary/aromatic N) is 2. The lowest BCUT2D eigenvalue weighted by Crippen LogP contribution is -2.22. The van der Waals surface area contributed by atoms with Crippen molar-refractivity contribution in [2.45, 2.75) is 32.4 Å². The fourth-order valence-electron chi connectivity index (χ4n) is 4.87. The van der Waals surface area contributed by atoms with Crippen molar-refractivity contribution < 1.29 is 9.90 Å². The second-order valence-corrected chi connectivity index (χ2v) is 8.65. The number of nitrogens with one attached hydrogen (secondary N) is 2. The van der Waals surface area contributed by atoms with Crippen molar-refractivity contribution in [3.63, 3.8) is 0 Å². The molecule has 0 spiro atoms. The Morgan fingerprint density at radius 2 is 2.03 bits per heavy atom. The number of aromatic carboxylic acids is 1. The average molecular weight is 429 g/mol. The van der Waals surface area contributed by atoms with Crippen LogP contribution in [-0.2, 0) is 6.54 Å². The highest BCUT2D eigenvalue weighted by molar-refractivity contribution is 5.93. The van der Waals surface area contributed by atoms with Gasteiger partial charge in [0.15, 0.2) is 0 Å². The molecule has 2 aliphatic rings. The third kappa shape index (κ3) is 3.94. The highest BCUT2D eigenvalue weighted by atomic mass is 16.4. The summed E-state index contributed by atoms with van der Waals surface area (Å²) in [7, 11) is 0. The van der Waals surface area contributed by atoms with Gasteiger partial charge in [0.2, 0.25) is 0 Å². The Kier molecular flexibility index (Phi) is 5.53. The molecule has 1 fully saturated rings. The van der Waals surface area contributed by atoms with Crippen LogP contribution in [0, 0.1) is 6.92 Å². The summed E-state index contributed by atoms with van der Waals surface area (Å²) < 4.78 is 0. The third-order valence-corrected chi connectivity index (χ3v) is 6.60. The zero-order valence-corrected chi connectivity index (χ0v) is 18.3. The van der Waals surface area contributed by atoms with Gasteiger partial charge in [0, 0.05) is 38.1 Å². The minimum absolute atomic E-state index is 0.125. The first-order chi connectivity index (χ1) is 15.6. The molecule has 3 heterocycles. The number of rotatable bonds is 6. The van der Waals surface area contributed by atoms with Crippen LogP contribution in [0.3, 0.4) is 0 Å². The minimum Gasteiger partial charge on any atom is -0.478 e. The summed E-state index contributed by atoms with van der Waals surface area (Å²) in [4.78, 5) is 17.9. The van der Waals surface area contributed by atoms with E-state index in [4.69, 9.17) is 0 Å². The van der Waals surface area contributed by atoms with Crippen LogP contribution in [0.4, 0.5) is 11.4 Å². The van der Waals surface area contributed by atoms with Crippen LogP contribution in [0.5, 0.6) is 0 Å². The van der Waals surface area contributed by atoms with Gasteiger partial charge >= 0.3 is 5.97 Å². The number of aryl methyl sites for hydroxylation is 1. The SMILES string of the molecule is Cc1cc(N2CCCC2)ccc1-c1ccc2c(c1)CNC2CNc1cnccc1C(=O)O. The third-order valence-electron chi connectivity index (χ3n) is 6.60. The molecule has 0 saturated carbocycles. The summed E-state index contributed by atoms with van der Waals surface area (Å²) in [6, 6.07) is 15.1. The predicted octanol–water partition coefficient (Wildman–Crippen LogP) is 4.61. The van der Waals surface area contributed by atoms with E-state index in [-0.39, 0.29) is 11.6 Å². The molecule has 2 aromatic carbocycles. The van der Waals surface area contributed by atoms with Crippen molar-refractivity contribution in [2.24, 2.45) is 0 Å². The van der Waals surface area contributed by atoms with Gasteiger partial charge in [0.25, 0.3) is 0 Å². The van der Waals surface area contributed by atoms with Crippen LogP contribution in [0.2, 0.25) is 0 Å². The van der Waals surface area contributed by atoms with Crippen LogP contribution in [0.1, 0.15) is 45.9 Å². The molecule has 6 nitrogen and oxygen atoms in total. The highest BCUT2D eigenvalue weighted by Gasteiger charge is 2.23. The molecular formula is C26H28N4O2. The minimum atomic E-state index is -0.953. The number of hydrogen-bond donors (Lipinski definition) is 3. The van der Waals surface area contributed by atoms with E-state index in [1.54, 1.807) is 6.20 Å². The number of carbonyl (C=O) groups is 1. The van der Waals surface area contributed by atoms with Crippen LogP contribution in [0.15, 0.2) is 54.9 Å². The summed E-state index contributed by atoms with van der Waals surface area (Å²) in [5.41, 5.74) is 8.48. The number of hydrogen-bond acceptors (Lipinski definition) is 5. The highest BCUT2D eigenvalue weighted by Crippen LogP contribution is 2.33. The maximum Gasteiger partial charge on any atom is 0.337 e. The van der Waals surface area contributed by atoms with Crippen molar-refractivity contribution in [1.82, 2.24) is 10.3 Å². The van der Waals surface area contributed by atoms with Gasteiger partial charge in [0.1, 0.15) is 0 Å². The molecule has 32 heavy (non-hydrogen) atoms. The van der Waals surface area contributed by atoms with Gasteiger partial charge in [0.05, 0.1) is 23.5 Å². The van der Waals surface area contributed by atoms with Gasteiger partial charge in [-0.3, -0.25) is 4.98 Å². The molecule has 3 aromatic rings. The summed E-state index contributed by atoms with van der Waals surface area (Å²) in [6.07, 6.45) is 5.63. The number of aromatic nitrogens is 1. The Morgan fingerprint density at radius 3 is 2.81 bits per heavy atom. The first-order valence-electron chi connectivity index (χ1n) is 11.2. The van der Waals surface area contributed by atoms with E-state index in [1.807, 2.05) is 0 Å². The molecule has 1 unspecified atom stereocenters. The van der Waals surface area contributed by atoms with E-state index in [0.29, 0.717) is 12.2 Å². The van der Waals surface area contributed by atoms with Gasteiger partial charge in [-0.05, 0) is 71.8 Å². The number of anilines is 2. The fourth-order valence-corrected chi connectivity index (χ4v) is 4.87. The topological polar surface area (TPSA) is 77.5 Å². The van der Waals surface area contributed by atoms with Crippen molar-refractivity contribution >= 4 is 17.3 Å². The largest absolute Gasteiger partial charge is 0.478 e. The van der Waals surface area contributed by atoms with Gasteiger partial charge < -0.3 is 20.6 Å². The van der Waals surface area contributed by atoms with Crippen LogP contribution in [-0.4, -0.2) is 35.7 Å². The van der Waals surface area contributed by atoms with Gasteiger partial charge in [-0.15, -0.1) is 0 Å². The number of benzene rings is 2. The van der Waals surface area contributed by atoms with Gasteiger partial charge in [-0.1, -0.05) is 18.2 Å². The number of pyridine rings is 1. The Hall–Kier alpha value is -3.38. The zero-order chi connectivity index (χ0) is 22.1. The maximum atomic E-state index is 11.4. The normalized spacial score (nSPS) is 17.4. The van der Waals surface area contributed by atoms with Crippen molar-refractivity contribution in [3.8, 4) is 11.1 Å². The first-order valence-corrected chi connectivity index (χ1v) is 11.2. The quantitative estimate of drug-likeness (QED) is 0.532.